The van der Waals surface area contributed by atoms with Crippen molar-refractivity contribution >= 4 is 17.4 Å². The number of rotatable bonds is 4. The van der Waals surface area contributed by atoms with Crippen molar-refractivity contribution in [2.24, 2.45) is 5.41 Å². The fourth-order valence-corrected chi connectivity index (χ4v) is 4.04. The van der Waals surface area contributed by atoms with Crippen LogP contribution < -0.4 is 10.6 Å². The van der Waals surface area contributed by atoms with Gasteiger partial charge >= 0.3 is 0 Å². The monoisotopic (exact) mass is 372 g/mol. The van der Waals surface area contributed by atoms with Crippen molar-refractivity contribution in [3.63, 3.8) is 0 Å². The molecule has 1 aliphatic heterocycles. The molecule has 0 fully saturated rings. The minimum Gasteiger partial charge on any atom is -0.357 e. The van der Waals surface area contributed by atoms with E-state index < -0.39 is 6.04 Å². The summed E-state index contributed by atoms with van der Waals surface area (Å²) in [6.45, 7) is 6.78. The Kier molecular flexibility index (Phi) is 5.72. The van der Waals surface area contributed by atoms with Gasteiger partial charge in [0.25, 0.3) is 5.91 Å². The van der Waals surface area contributed by atoms with Gasteiger partial charge in [0.2, 0.25) is 5.91 Å². The minimum absolute atomic E-state index is 0.181. The number of nitrogens with zero attached hydrogens (tertiary/aromatic N) is 2. The third-order valence-electron chi connectivity index (χ3n) is 5.56. The largest absolute Gasteiger partial charge is 0.357 e. The molecule has 0 saturated carbocycles. The molecule has 0 spiro atoms. The summed E-state index contributed by atoms with van der Waals surface area (Å²) in [6.07, 6.45) is 9.75. The second-order valence-electron chi connectivity index (χ2n) is 8.70. The van der Waals surface area contributed by atoms with Crippen molar-refractivity contribution < 1.29 is 9.59 Å². The summed E-state index contributed by atoms with van der Waals surface area (Å²) in [6, 6.07) is -0.604. The first-order valence-electron chi connectivity index (χ1n) is 10.1. The lowest BCUT2D eigenvalue weighted by Gasteiger charge is -2.29. The number of hydrogen-bond donors (Lipinski definition) is 2. The fourth-order valence-electron chi connectivity index (χ4n) is 4.04. The molecule has 6 heteroatoms. The number of imidazole rings is 1. The molecule has 6 nitrogen and oxygen atoms in total. The number of carbonyl (C=O) groups is 2. The van der Waals surface area contributed by atoms with Crippen LogP contribution in [0.15, 0.2) is 6.08 Å². The summed E-state index contributed by atoms with van der Waals surface area (Å²) in [7, 11) is 1.60. The standard InChI is InChI=1S/C21H32N4O2/c1-21(2,3)17(20(27)22-4)24-19(26)16-15-12-6-5-9-13-25(15)18(23-16)14-10-7-8-11-14/h10,17H,5-9,11-13H2,1-4H3,(H,22,27)(H,24,26)/t17-/m1/s1. The number of allylic oxidation sites excluding steroid dienone is 2. The van der Waals surface area contributed by atoms with E-state index in [4.69, 9.17) is 4.98 Å². The van der Waals surface area contributed by atoms with Gasteiger partial charge in [0, 0.05) is 13.6 Å². The van der Waals surface area contributed by atoms with E-state index in [0.29, 0.717) is 5.69 Å². The predicted octanol–water partition coefficient (Wildman–Crippen LogP) is 3.07. The number of hydrogen-bond acceptors (Lipinski definition) is 3. The van der Waals surface area contributed by atoms with Crippen LogP contribution in [0.5, 0.6) is 0 Å². The van der Waals surface area contributed by atoms with Crippen LogP contribution >= 0.6 is 0 Å². The van der Waals surface area contributed by atoms with Crippen LogP contribution in [0.1, 0.15) is 81.3 Å². The van der Waals surface area contributed by atoms with E-state index in [1.807, 2.05) is 20.8 Å². The summed E-state index contributed by atoms with van der Waals surface area (Å²) >= 11 is 0. The van der Waals surface area contributed by atoms with Gasteiger partial charge in [-0.2, -0.15) is 0 Å². The molecule has 2 amide bonds. The van der Waals surface area contributed by atoms with Gasteiger partial charge in [-0.1, -0.05) is 33.3 Å². The van der Waals surface area contributed by atoms with Gasteiger partial charge in [-0.15, -0.1) is 0 Å². The quantitative estimate of drug-likeness (QED) is 0.853. The molecule has 1 aromatic heterocycles. The predicted molar refractivity (Wildman–Crippen MR) is 106 cm³/mol. The SMILES string of the molecule is CNC(=O)[C@@H](NC(=O)c1nc(C2=CCCC2)n2c1CCCCC2)C(C)(C)C. The molecular formula is C21H32N4O2. The zero-order valence-electron chi connectivity index (χ0n) is 17.0. The van der Waals surface area contributed by atoms with Crippen molar-refractivity contribution in [2.75, 3.05) is 7.05 Å². The van der Waals surface area contributed by atoms with E-state index in [-0.39, 0.29) is 17.2 Å². The highest BCUT2D eigenvalue weighted by Gasteiger charge is 2.34. The number of aromatic nitrogens is 2. The maximum atomic E-state index is 13.1. The smallest absolute Gasteiger partial charge is 0.272 e. The third-order valence-corrected chi connectivity index (χ3v) is 5.56. The Morgan fingerprint density at radius 3 is 2.56 bits per heavy atom. The summed E-state index contributed by atoms with van der Waals surface area (Å²) in [5.41, 5.74) is 2.40. The minimum atomic E-state index is -0.604. The highest BCUT2D eigenvalue weighted by Crippen LogP contribution is 2.31. The summed E-state index contributed by atoms with van der Waals surface area (Å²) in [5, 5.41) is 5.61. The zero-order chi connectivity index (χ0) is 19.6. The first-order chi connectivity index (χ1) is 12.8. The van der Waals surface area contributed by atoms with Crippen LogP contribution in [0.25, 0.3) is 5.57 Å². The van der Waals surface area contributed by atoms with Crippen LogP contribution in [0.4, 0.5) is 0 Å². The van der Waals surface area contributed by atoms with Gasteiger partial charge in [-0.05, 0) is 49.5 Å². The molecule has 1 aromatic rings. The Balaban J connectivity index is 1.95. The molecule has 0 bridgehead atoms. The first kappa shape index (κ1) is 19.6. The molecular weight excluding hydrogens is 340 g/mol. The maximum Gasteiger partial charge on any atom is 0.272 e. The molecule has 2 aliphatic rings. The Bertz CT molecular complexity index is 755. The van der Waals surface area contributed by atoms with Crippen LogP contribution in [-0.4, -0.2) is 34.5 Å². The van der Waals surface area contributed by atoms with Gasteiger partial charge in [-0.3, -0.25) is 9.59 Å². The number of amides is 2. The van der Waals surface area contributed by atoms with Crippen molar-refractivity contribution in [1.82, 2.24) is 20.2 Å². The molecule has 0 aromatic carbocycles. The zero-order valence-corrected chi connectivity index (χ0v) is 17.0. The second kappa shape index (κ2) is 7.87. The normalized spacial score (nSPS) is 18.3. The average molecular weight is 373 g/mol. The summed E-state index contributed by atoms with van der Waals surface area (Å²) in [5.74, 6) is 0.538. The number of fused-ring (bicyclic) bond motifs is 1. The molecule has 148 valence electrons. The van der Waals surface area contributed by atoms with Crippen LogP contribution in [0.3, 0.4) is 0 Å². The highest BCUT2D eigenvalue weighted by atomic mass is 16.2. The van der Waals surface area contributed by atoms with E-state index in [1.54, 1.807) is 7.05 Å². The van der Waals surface area contributed by atoms with Crippen LogP contribution in [0, 0.1) is 5.41 Å². The van der Waals surface area contributed by atoms with E-state index >= 15 is 0 Å². The average Bonchev–Trinajstić information content (AvgIpc) is 3.20. The number of likely N-dealkylation sites (N-methyl/N-ethyl adjacent to an activating group) is 1. The number of carbonyl (C=O) groups excluding carboxylic acids is 2. The first-order valence-corrected chi connectivity index (χ1v) is 10.1. The molecule has 1 atom stereocenters. The van der Waals surface area contributed by atoms with E-state index in [0.717, 1.165) is 56.6 Å². The van der Waals surface area contributed by atoms with E-state index in [2.05, 4.69) is 21.3 Å². The van der Waals surface area contributed by atoms with Crippen LogP contribution in [-0.2, 0) is 17.8 Å². The molecule has 1 aliphatic carbocycles. The van der Waals surface area contributed by atoms with Gasteiger partial charge < -0.3 is 15.2 Å². The van der Waals surface area contributed by atoms with Gasteiger partial charge in [0.15, 0.2) is 0 Å². The van der Waals surface area contributed by atoms with E-state index in [1.165, 1.54) is 12.0 Å². The summed E-state index contributed by atoms with van der Waals surface area (Å²) in [4.78, 5) is 30.3. The number of nitrogens with one attached hydrogen (secondary N) is 2. The lowest BCUT2D eigenvalue weighted by atomic mass is 9.86. The summed E-state index contributed by atoms with van der Waals surface area (Å²) < 4.78 is 2.26. The third kappa shape index (κ3) is 4.09. The Labute approximate surface area is 161 Å². The second-order valence-corrected chi connectivity index (χ2v) is 8.70. The van der Waals surface area contributed by atoms with Crippen molar-refractivity contribution in [3.05, 3.63) is 23.3 Å². The molecule has 27 heavy (non-hydrogen) atoms. The Hall–Kier alpha value is -2.11. The molecule has 2 N–H and O–H groups in total. The van der Waals surface area contributed by atoms with Gasteiger partial charge in [0.1, 0.15) is 17.6 Å². The Morgan fingerprint density at radius 1 is 1.15 bits per heavy atom. The molecule has 0 radical (unpaired) electrons. The lowest BCUT2D eigenvalue weighted by molar-refractivity contribution is -0.124. The highest BCUT2D eigenvalue weighted by molar-refractivity contribution is 5.97. The van der Waals surface area contributed by atoms with E-state index in [9.17, 15) is 9.59 Å². The van der Waals surface area contributed by atoms with Gasteiger partial charge in [0.05, 0.1) is 5.69 Å². The topological polar surface area (TPSA) is 76.0 Å². The van der Waals surface area contributed by atoms with Crippen molar-refractivity contribution in [3.8, 4) is 0 Å². The van der Waals surface area contributed by atoms with Gasteiger partial charge in [-0.25, -0.2) is 4.98 Å². The fraction of sp³-hybridized carbons (Fsp3) is 0.667. The maximum absolute atomic E-state index is 13.1. The van der Waals surface area contributed by atoms with Crippen molar-refractivity contribution in [2.45, 2.75) is 78.3 Å². The molecule has 0 unspecified atom stereocenters. The molecule has 2 heterocycles. The lowest BCUT2D eigenvalue weighted by Crippen LogP contribution is -2.53. The molecule has 3 rings (SSSR count). The molecule has 0 saturated heterocycles. The van der Waals surface area contributed by atoms with Crippen molar-refractivity contribution in [1.29, 1.82) is 0 Å². The Morgan fingerprint density at radius 2 is 1.93 bits per heavy atom. The van der Waals surface area contributed by atoms with Crippen LogP contribution in [0.2, 0.25) is 0 Å².